The highest BCUT2D eigenvalue weighted by atomic mass is 14.9. The van der Waals surface area contributed by atoms with Crippen molar-refractivity contribution in [2.75, 3.05) is 6.54 Å². The van der Waals surface area contributed by atoms with Gasteiger partial charge in [0.25, 0.3) is 0 Å². The molecule has 0 unspecified atom stereocenters. The van der Waals surface area contributed by atoms with E-state index in [1.54, 1.807) is 0 Å². The lowest BCUT2D eigenvalue weighted by Gasteiger charge is -2.01. The standard InChI is InChI=1S/C7H15N/c1-4-6-8-7(3)5-2/h5,8H,4,6H2,1-3H3/b7-5+. The lowest BCUT2D eigenvalue weighted by molar-refractivity contribution is 0.768. The second-order valence-electron chi connectivity index (χ2n) is 1.90. The molecule has 0 aromatic rings. The normalized spacial score (nSPS) is 11.6. The second kappa shape index (κ2) is 4.69. The van der Waals surface area contributed by atoms with Gasteiger partial charge in [0, 0.05) is 12.2 Å². The van der Waals surface area contributed by atoms with Crippen molar-refractivity contribution in [2.24, 2.45) is 0 Å². The Morgan fingerprint density at radius 3 is 2.62 bits per heavy atom. The predicted octanol–water partition coefficient (Wildman–Crippen LogP) is 1.91. The predicted molar refractivity (Wildman–Crippen MR) is 37.7 cm³/mol. The van der Waals surface area contributed by atoms with Crippen LogP contribution >= 0.6 is 0 Å². The van der Waals surface area contributed by atoms with Crippen LogP contribution in [0.1, 0.15) is 27.2 Å². The van der Waals surface area contributed by atoms with E-state index in [1.165, 1.54) is 12.1 Å². The fraction of sp³-hybridized carbons (Fsp3) is 0.714. The molecular weight excluding hydrogens is 98.1 g/mol. The first-order chi connectivity index (χ1) is 3.81. The van der Waals surface area contributed by atoms with Gasteiger partial charge < -0.3 is 5.32 Å². The number of hydrogen-bond donors (Lipinski definition) is 1. The zero-order valence-corrected chi connectivity index (χ0v) is 5.99. The van der Waals surface area contributed by atoms with Gasteiger partial charge >= 0.3 is 0 Å². The Bertz CT molecular complexity index is 74.5. The third-order valence-corrected chi connectivity index (χ3v) is 1.09. The van der Waals surface area contributed by atoms with Crippen LogP contribution in [0.2, 0.25) is 0 Å². The van der Waals surface area contributed by atoms with Crippen LogP contribution in [0.15, 0.2) is 11.8 Å². The summed E-state index contributed by atoms with van der Waals surface area (Å²) in [5.74, 6) is 0. The van der Waals surface area contributed by atoms with Gasteiger partial charge in [-0.25, -0.2) is 0 Å². The van der Waals surface area contributed by atoms with Crippen molar-refractivity contribution >= 4 is 0 Å². The van der Waals surface area contributed by atoms with E-state index >= 15 is 0 Å². The lowest BCUT2D eigenvalue weighted by atomic mass is 10.4. The van der Waals surface area contributed by atoms with E-state index in [2.05, 4.69) is 25.2 Å². The number of allylic oxidation sites excluding steroid dienone is 2. The Hall–Kier alpha value is -0.460. The Morgan fingerprint density at radius 2 is 2.25 bits per heavy atom. The number of hydrogen-bond acceptors (Lipinski definition) is 1. The zero-order valence-electron chi connectivity index (χ0n) is 5.99. The number of nitrogens with one attached hydrogen (secondary N) is 1. The first-order valence-corrected chi connectivity index (χ1v) is 3.18. The average molecular weight is 113 g/mol. The van der Waals surface area contributed by atoms with Gasteiger partial charge in [0.05, 0.1) is 0 Å². The molecule has 48 valence electrons. The molecule has 0 amide bonds. The Kier molecular flexibility index (Phi) is 4.42. The van der Waals surface area contributed by atoms with Gasteiger partial charge in [-0.15, -0.1) is 0 Å². The highest BCUT2D eigenvalue weighted by molar-refractivity contribution is 4.91. The molecule has 0 rings (SSSR count). The molecule has 0 aromatic carbocycles. The summed E-state index contributed by atoms with van der Waals surface area (Å²) < 4.78 is 0. The third-order valence-electron chi connectivity index (χ3n) is 1.09. The molecule has 1 N–H and O–H groups in total. The molecule has 1 nitrogen and oxygen atoms in total. The van der Waals surface area contributed by atoms with Crippen molar-refractivity contribution in [2.45, 2.75) is 27.2 Å². The fourth-order valence-electron chi connectivity index (χ4n) is 0.424. The van der Waals surface area contributed by atoms with Crippen LogP contribution in [0.25, 0.3) is 0 Å². The van der Waals surface area contributed by atoms with Crippen molar-refractivity contribution in [3.8, 4) is 0 Å². The summed E-state index contributed by atoms with van der Waals surface area (Å²) in [6.45, 7) is 7.37. The second-order valence-corrected chi connectivity index (χ2v) is 1.90. The van der Waals surface area contributed by atoms with Crippen molar-refractivity contribution in [3.63, 3.8) is 0 Å². The van der Waals surface area contributed by atoms with E-state index in [0.29, 0.717) is 0 Å². The lowest BCUT2D eigenvalue weighted by Crippen LogP contribution is -2.10. The van der Waals surface area contributed by atoms with Gasteiger partial charge in [0.2, 0.25) is 0 Å². The molecule has 0 aromatic heterocycles. The van der Waals surface area contributed by atoms with Crippen molar-refractivity contribution in [1.29, 1.82) is 0 Å². The molecule has 0 fully saturated rings. The van der Waals surface area contributed by atoms with Gasteiger partial charge in [0.1, 0.15) is 0 Å². The molecule has 0 spiro atoms. The minimum absolute atomic E-state index is 1.09. The van der Waals surface area contributed by atoms with Crippen LogP contribution in [0.3, 0.4) is 0 Å². The van der Waals surface area contributed by atoms with Crippen LogP contribution in [-0.4, -0.2) is 6.54 Å². The van der Waals surface area contributed by atoms with Gasteiger partial charge in [-0.05, 0) is 20.3 Å². The van der Waals surface area contributed by atoms with Gasteiger partial charge in [-0.3, -0.25) is 0 Å². The maximum absolute atomic E-state index is 3.24. The summed E-state index contributed by atoms with van der Waals surface area (Å²) in [5.41, 5.74) is 1.27. The van der Waals surface area contributed by atoms with E-state index in [1.807, 2.05) is 6.92 Å². The summed E-state index contributed by atoms with van der Waals surface area (Å²) in [7, 11) is 0. The van der Waals surface area contributed by atoms with E-state index < -0.39 is 0 Å². The third kappa shape index (κ3) is 3.72. The smallest absolute Gasteiger partial charge is 0.0141 e. The summed E-state index contributed by atoms with van der Waals surface area (Å²) in [6.07, 6.45) is 3.28. The Morgan fingerprint density at radius 1 is 1.62 bits per heavy atom. The minimum Gasteiger partial charge on any atom is -0.389 e. The van der Waals surface area contributed by atoms with E-state index in [4.69, 9.17) is 0 Å². The van der Waals surface area contributed by atoms with Gasteiger partial charge in [0.15, 0.2) is 0 Å². The van der Waals surface area contributed by atoms with Gasteiger partial charge in [-0.1, -0.05) is 13.0 Å². The highest BCUT2D eigenvalue weighted by Gasteiger charge is 1.79. The maximum Gasteiger partial charge on any atom is 0.0141 e. The van der Waals surface area contributed by atoms with Crippen LogP contribution in [0.5, 0.6) is 0 Å². The molecule has 0 bridgehead atoms. The van der Waals surface area contributed by atoms with E-state index in [0.717, 1.165) is 6.54 Å². The quantitative estimate of drug-likeness (QED) is 0.589. The summed E-state index contributed by atoms with van der Waals surface area (Å²) in [4.78, 5) is 0. The zero-order chi connectivity index (χ0) is 6.41. The monoisotopic (exact) mass is 113 g/mol. The van der Waals surface area contributed by atoms with Crippen molar-refractivity contribution in [1.82, 2.24) is 5.32 Å². The molecule has 0 radical (unpaired) electrons. The topological polar surface area (TPSA) is 12.0 Å². The fourth-order valence-corrected chi connectivity index (χ4v) is 0.424. The molecule has 1 heteroatoms. The molecule has 0 atom stereocenters. The van der Waals surface area contributed by atoms with Crippen LogP contribution in [0, 0.1) is 0 Å². The van der Waals surface area contributed by atoms with E-state index in [9.17, 15) is 0 Å². The SMILES string of the molecule is C/C=C(\C)NCCC. The van der Waals surface area contributed by atoms with Gasteiger partial charge in [-0.2, -0.15) is 0 Å². The van der Waals surface area contributed by atoms with Crippen LogP contribution in [0.4, 0.5) is 0 Å². The molecule has 0 aliphatic carbocycles. The minimum atomic E-state index is 1.09. The Balaban J connectivity index is 3.12. The molecule has 0 saturated carbocycles. The highest BCUT2D eigenvalue weighted by Crippen LogP contribution is 1.83. The van der Waals surface area contributed by atoms with Crippen molar-refractivity contribution < 1.29 is 0 Å². The van der Waals surface area contributed by atoms with E-state index in [-0.39, 0.29) is 0 Å². The molecule has 0 aliphatic heterocycles. The average Bonchev–Trinajstić information content (AvgIpc) is 1.83. The summed E-state index contributed by atoms with van der Waals surface area (Å²) >= 11 is 0. The van der Waals surface area contributed by atoms with Crippen molar-refractivity contribution in [3.05, 3.63) is 11.8 Å². The largest absolute Gasteiger partial charge is 0.389 e. The maximum atomic E-state index is 3.24. The first-order valence-electron chi connectivity index (χ1n) is 3.18. The summed E-state index contributed by atoms with van der Waals surface area (Å²) in [5, 5.41) is 3.24. The molecule has 0 aliphatic rings. The summed E-state index contributed by atoms with van der Waals surface area (Å²) in [6, 6.07) is 0. The van der Waals surface area contributed by atoms with Crippen LogP contribution < -0.4 is 5.32 Å². The molecule has 8 heavy (non-hydrogen) atoms. The molecule has 0 heterocycles. The Labute approximate surface area is 51.8 Å². The van der Waals surface area contributed by atoms with Crippen LogP contribution in [-0.2, 0) is 0 Å². The first kappa shape index (κ1) is 7.54. The molecule has 0 saturated heterocycles. The number of rotatable bonds is 3. The molecular formula is C7H15N.